The highest BCUT2D eigenvalue weighted by Crippen LogP contribution is 2.26. The Hall–Kier alpha value is -2.84. The number of hydrogen-bond acceptors (Lipinski definition) is 3. The molecule has 0 radical (unpaired) electrons. The molecule has 0 aliphatic rings. The normalized spacial score (nSPS) is 10.9. The lowest BCUT2D eigenvalue weighted by Crippen LogP contribution is -2.12. The van der Waals surface area contributed by atoms with E-state index < -0.39 is 5.91 Å². The van der Waals surface area contributed by atoms with Crippen molar-refractivity contribution in [3.8, 4) is 11.8 Å². The summed E-state index contributed by atoms with van der Waals surface area (Å²) in [5, 5.41) is 9.32. The van der Waals surface area contributed by atoms with Crippen LogP contribution in [0.1, 0.15) is 11.1 Å². The summed E-state index contributed by atoms with van der Waals surface area (Å²) in [6.07, 6.45) is 1.28. The summed E-state index contributed by atoms with van der Waals surface area (Å²) in [5.74, 6) is -0.882. The fraction of sp³-hybridized carbons (Fsp3) is 0.0588. The van der Waals surface area contributed by atoms with Crippen molar-refractivity contribution in [3.05, 3.63) is 70.0 Å². The predicted molar refractivity (Wildman–Crippen MR) is 85.0 cm³/mol. The molecule has 0 aliphatic heterocycles. The lowest BCUT2D eigenvalue weighted by atomic mass is 10.1. The minimum atomic E-state index is -0.854. The molecule has 0 spiro atoms. The summed E-state index contributed by atoms with van der Waals surface area (Å²) < 4.78 is 19.2. The quantitative estimate of drug-likeness (QED) is 0.674. The second kappa shape index (κ2) is 7.43. The molecule has 4 nitrogen and oxygen atoms in total. The summed E-state index contributed by atoms with van der Waals surface area (Å²) >= 11 is 5.92. The van der Waals surface area contributed by atoms with Crippen molar-refractivity contribution in [2.75, 3.05) is 0 Å². The van der Waals surface area contributed by atoms with Crippen LogP contribution in [0.5, 0.6) is 5.75 Å². The number of amides is 1. The minimum Gasteiger partial charge on any atom is -0.488 e. The van der Waals surface area contributed by atoms with Crippen LogP contribution in [-0.2, 0) is 11.4 Å². The summed E-state index contributed by atoms with van der Waals surface area (Å²) in [4.78, 5) is 11.2. The molecule has 116 valence electrons. The topological polar surface area (TPSA) is 76.1 Å². The molecule has 0 unspecified atom stereocenters. The van der Waals surface area contributed by atoms with Gasteiger partial charge in [0.1, 0.15) is 29.8 Å². The van der Waals surface area contributed by atoms with Gasteiger partial charge in [-0.3, -0.25) is 4.79 Å². The minimum absolute atomic E-state index is 0.00635. The molecule has 2 aromatic rings. The van der Waals surface area contributed by atoms with E-state index in [0.29, 0.717) is 21.9 Å². The van der Waals surface area contributed by atoms with Crippen LogP contribution in [0.15, 0.2) is 48.0 Å². The number of benzene rings is 2. The second-order valence-corrected chi connectivity index (χ2v) is 5.03. The van der Waals surface area contributed by atoms with Gasteiger partial charge >= 0.3 is 0 Å². The average molecular weight is 331 g/mol. The Morgan fingerprint density at radius 1 is 1.35 bits per heavy atom. The van der Waals surface area contributed by atoms with E-state index in [1.165, 1.54) is 18.2 Å². The van der Waals surface area contributed by atoms with Gasteiger partial charge in [-0.05, 0) is 30.3 Å². The molecule has 0 aliphatic carbocycles. The number of rotatable bonds is 5. The van der Waals surface area contributed by atoms with Crippen molar-refractivity contribution >= 4 is 23.6 Å². The smallest absolute Gasteiger partial charge is 0.259 e. The number of nitriles is 1. The SMILES string of the molecule is N#C/C(=C\c1cc(Cl)ccc1OCc1ccccc1F)C(N)=O. The van der Waals surface area contributed by atoms with Crippen molar-refractivity contribution in [2.24, 2.45) is 5.73 Å². The van der Waals surface area contributed by atoms with E-state index >= 15 is 0 Å². The molecule has 0 saturated carbocycles. The van der Waals surface area contributed by atoms with E-state index in [-0.39, 0.29) is 18.0 Å². The summed E-state index contributed by atoms with van der Waals surface area (Å²) in [6.45, 7) is -0.00635. The monoisotopic (exact) mass is 330 g/mol. The highest BCUT2D eigenvalue weighted by Gasteiger charge is 2.09. The van der Waals surface area contributed by atoms with Gasteiger partial charge in [-0.1, -0.05) is 29.8 Å². The van der Waals surface area contributed by atoms with Crippen LogP contribution in [0.4, 0.5) is 4.39 Å². The van der Waals surface area contributed by atoms with Gasteiger partial charge in [0, 0.05) is 16.1 Å². The average Bonchev–Trinajstić information content (AvgIpc) is 2.52. The van der Waals surface area contributed by atoms with Crippen LogP contribution in [0, 0.1) is 17.1 Å². The fourth-order valence-corrected chi connectivity index (χ4v) is 2.03. The third kappa shape index (κ3) is 4.31. The summed E-state index contributed by atoms with van der Waals surface area (Å²) in [5.41, 5.74) is 5.67. The molecule has 2 aromatic carbocycles. The Labute approximate surface area is 137 Å². The van der Waals surface area contributed by atoms with E-state index in [0.717, 1.165) is 0 Å². The Kier molecular flexibility index (Phi) is 5.34. The largest absolute Gasteiger partial charge is 0.488 e. The van der Waals surface area contributed by atoms with Crippen LogP contribution in [0.3, 0.4) is 0 Å². The van der Waals surface area contributed by atoms with Crippen LogP contribution in [0.25, 0.3) is 6.08 Å². The first kappa shape index (κ1) is 16.5. The highest BCUT2D eigenvalue weighted by atomic mass is 35.5. The number of ether oxygens (including phenoxy) is 1. The van der Waals surface area contributed by atoms with Gasteiger partial charge < -0.3 is 10.5 Å². The van der Waals surface area contributed by atoms with E-state index in [4.69, 9.17) is 27.3 Å². The first-order valence-corrected chi connectivity index (χ1v) is 6.96. The van der Waals surface area contributed by atoms with Gasteiger partial charge in [-0.25, -0.2) is 4.39 Å². The Bertz CT molecular complexity index is 812. The molecule has 6 heteroatoms. The van der Waals surface area contributed by atoms with Gasteiger partial charge in [0.2, 0.25) is 0 Å². The van der Waals surface area contributed by atoms with Gasteiger partial charge in [-0.2, -0.15) is 5.26 Å². The maximum atomic E-state index is 13.6. The first-order valence-electron chi connectivity index (χ1n) is 6.58. The Morgan fingerprint density at radius 2 is 2.09 bits per heavy atom. The van der Waals surface area contributed by atoms with Gasteiger partial charge in [0.05, 0.1) is 0 Å². The molecule has 0 heterocycles. The van der Waals surface area contributed by atoms with Crippen molar-refractivity contribution < 1.29 is 13.9 Å². The Balaban J connectivity index is 2.31. The maximum absolute atomic E-state index is 13.6. The van der Waals surface area contributed by atoms with Crippen LogP contribution in [-0.4, -0.2) is 5.91 Å². The zero-order valence-corrected chi connectivity index (χ0v) is 12.7. The van der Waals surface area contributed by atoms with Crippen LogP contribution < -0.4 is 10.5 Å². The van der Waals surface area contributed by atoms with Gasteiger partial charge in [-0.15, -0.1) is 0 Å². The molecule has 0 atom stereocenters. The molecule has 0 bridgehead atoms. The number of hydrogen-bond donors (Lipinski definition) is 1. The molecule has 2 rings (SSSR count). The van der Waals surface area contributed by atoms with Crippen molar-refractivity contribution in [3.63, 3.8) is 0 Å². The lowest BCUT2D eigenvalue weighted by Gasteiger charge is -2.10. The first-order chi connectivity index (χ1) is 11.0. The van der Waals surface area contributed by atoms with E-state index in [1.54, 1.807) is 36.4 Å². The lowest BCUT2D eigenvalue weighted by molar-refractivity contribution is -0.114. The summed E-state index contributed by atoms with van der Waals surface area (Å²) in [6, 6.07) is 12.6. The van der Waals surface area contributed by atoms with Crippen molar-refractivity contribution in [1.29, 1.82) is 5.26 Å². The zero-order chi connectivity index (χ0) is 16.8. The number of halogens is 2. The molecule has 1 amide bonds. The number of carbonyl (C=O) groups is 1. The number of nitrogens with two attached hydrogens (primary N) is 1. The van der Waals surface area contributed by atoms with Crippen molar-refractivity contribution in [1.82, 2.24) is 0 Å². The predicted octanol–water partition coefficient (Wildman–Crippen LogP) is 3.45. The van der Waals surface area contributed by atoms with E-state index in [9.17, 15) is 9.18 Å². The maximum Gasteiger partial charge on any atom is 0.259 e. The molecule has 0 aromatic heterocycles. The van der Waals surface area contributed by atoms with Gasteiger partial charge in [0.15, 0.2) is 0 Å². The van der Waals surface area contributed by atoms with Crippen LogP contribution in [0.2, 0.25) is 5.02 Å². The summed E-state index contributed by atoms with van der Waals surface area (Å²) in [7, 11) is 0. The van der Waals surface area contributed by atoms with Crippen LogP contribution >= 0.6 is 11.6 Å². The third-order valence-corrected chi connectivity index (χ3v) is 3.23. The standard InChI is InChI=1S/C17H12ClFN2O2/c18-14-5-6-16(12(8-14)7-13(9-20)17(21)22)23-10-11-3-1-2-4-15(11)19/h1-8H,10H2,(H2,21,22)/b13-7+. The fourth-order valence-electron chi connectivity index (χ4n) is 1.85. The van der Waals surface area contributed by atoms with Crippen molar-refractivity contribution in [2.45, 2.75) is 6.61 Å². The molecule has 0 fully saturated rings. The highest BCUT2D eigenvalue weighted by molar-refractivity contribution is 6.30. The number of primary amides is 1. The molecular formula is C17H12ClFN2O2. The molecule has 2 N–H and O–H groups in total. The molecule has 23 heavy (non-hydrogen) atoms. The third-order valence-electron chi connectivity index (χ3n) is 3.00. The molecular weight excluding hydrogens is 319 g/mol. The van der Waals surface area contributed by atoms with E-state index in [2.05, 4.69) is 0 Å². The number of nitrogens with zero attached hydrogens (tertiary/aromatic N) is 1. The molecule has 0 saturated heterocycles. The van der Waals surface area contributed by atoms with E-state index in [1.807, 2.05) is 0 Å². The van der Waals surface area contributed by atoms with Gasteiger partial charge in [0.25, 0.3) is 5.91 Å². The zero-order valence-electron chi connectivity index (χ0n) is 11.9. The number of carbonyl (C=O) groups excluding carboxylic acids is 1. The Morgan fingerprint density at radius 3 is 2.74 bits per heavy atom. The second-order valence-electron chi connectivity index (χ2n) is 4.60.